The van der Waals surface area contributed by atoms with Crippen molar-refractivity contribution in [1.29, 1.82) is 0 Å². The SMILES string of the molecule is CON([C@H](C)Cc1c(Cl)cc(Cl)cc1Cl)N(O)c1cn(C)nc1C(F)F. The molecule has 11 heteroatoms. The highest BCUT2D eigenvalue weighted by atomic mass is 35.5. The Morgan fingerprint density at radius 3 is 2.35 bits per heavy atom. The minimum Gasteiger partial charge on any atom is -0.280 e. The Hall–Kier alpha value is -1.16. The zero-order chi connectivity index (χ0) is 19.6. The predicted molar refractivity (Wildman–Crippen MR) is 95.9 cm³/mol. The van der Waals surface area contributed by atoms with Gasteiger partial charge in [-0.2, -0.15) is 10.3 Å². The van der Waals surface area contributed by atoms with Crippen LogP contribution in [-0.4, -0.2) is 33.3 Å². The molecule has 0 amide bonds. The minimum absolute atomic E-state index is 0.204. The number of alkyl halides is 2. The summed E-state index contributed by atoms with van der Waals surface area (Å²) in [6.45, 7) is 1.70. The van der Waals surface area contributed by atoms with Crippen molar-refractivity contribution in [3.8, 4) is 0 Å². The fourth-order valence-corrected chi connectivity index (χ4v) is 3.46. The molecule has 0 saturated heterocycles. The van der Waals surface area contributed by atoms with Gasteiger partial charge in [-0.05, 0) is 31.0 Å². The van der Waals surface area contributed by atoms with E-state index in [4.69, 9.17) is 39.6 Å². The summed E-state index contributed by atoms with van der Waals surface area (Å²) < 4.78 is 27.5. The molecule has 0 unspecified atom stereocenters. The molecule has 1 atom stereocenters. The van der Waals surface area contributed by atoms with Crippen molar-refractivity contribution in [2.75, 3.05) is 12.3 Å². The van der Waals surface area contributed by atoms with E-state index in [1.54, 1.807) is 19.1 Å². The normalized spacial score (nSPS) is 12.9. The summed E-state index contributed by atoms with van der Waals surface area (Å²) in [5.41, 5.74) is -0.197. The highest BCUT2D eigenvalue weighted by Crippen LogP contribution is 2.32. The second-order valence-electron chi connectivity index (χ2n) is 5.55. The van der Waals surface area contributed by atoms with E-state index >= 15 is 0 Å². The first-order valence-corrected chi connectivity index (χ1v) is 8.56. The number of benzene rings is 1. The van der Waals surface area contributed by atoms with Crippen molar-refractivity contribution in [1.82, 2.24) is 15.0 Å². The average Bonchev–Trinajstić information content (AvgIpc) is 2.93. The number of nitrogens with zero attached hydrogens (tertiary/aromatic N) is 4. The molecule has 1 aromatic heterocycles. The average molecular weight is 430 g/mol. The fraction of sp³-hybridized carbons (Fsp3) is 0.400. The summed E-state index contributed by atoms with van der Waals surface area (Å²) in [6.07, 6.45) is -1.36. The molecule has 0 aliphatic carbocycles. The Morgan fingerprint density at radius 1 is 1.27 bits per heavy atom. The first-order chi connectivity index (χ1) is 12.1. The van der Waals surface area contributed by atoms with Gasteiger partial charge in [0.25, 0.3) is 6.43 Å². The summed E-state index contributed by atoms with van der Waals surface area (Å²) >= 11 is 18.2. The maximum absolute atomic E-state index is 13.1. The van der Waals surface area contributed by atoms with Gasteiger partial charge < -0.3 is 0 Å². The molecule has 1 aromatic carbocycles. The van der Waals surface area contributed by atoms with Gasteiger partial charge in [0.1, 0.15) is 5.69 Å². The van der Waals surface area contributed by atoms with Crippen LogP contribution in [0, 0.1) is 0 Å². The second-order valence-corrected chi connectivity index (χ2v) is 6.80. The van der Waals surface area contributed by atoms with Gasteiger partial charge in [0.05, 0.1) is 19.3 Å². The van der Waals surface area contributed by atoms with E-state index in [1.165, 1.54) is 25.0 Å². The van der Waals surface area contributed by atoms with Crippen LogP contribution in [0.5, 0.6) is 0 Å². The van der Waals surface area contributed by atoms with Gasteiger partial charge in [-0.25, -0.2) is 8.78 Å². The largest absolute Gasteiger partial charge is 0.284 e. The van der Waals surface area contributed by atoms with Gasteiger partial charge in [-0.3, -0.25) is 14.7 Å². The van der Waals surface area contributed by atoms with Crippen molar-refractivity contribution in [2.24, 2.45) is 7.05 Å². The monoisotopic (exact) mass is 428 g/mol. The topological polar surface area (TPSA) is 53.8 Å². The Labute approximate surface area is 164 Å². The van der Waals surface area contributed by atoms with E-state index in [9.17, 15) is 14.0 Å². The molecule has 2 rings (SSSR count). The Bertz CT molecular complexity index is 752. The van der Waals surface area contributed by atoms with Crippen LogP contribution in [-0.2, 0) is 18.3 Å². The molecule has 0 saturated carbocycles. The third kappa shape index (κ3) is 4.57. The van der Waals surface area contributed by atoms with Gasteiger partial charge in [0.15, 0.2) is 5.69 Å². The van der Waals surface area contributed by atoms with Crippen molar-refractivity contribution < 1.29 is 18.8 Å². The summed E-state index contributed by atoms with van der Waals surface area (Å²) in [4.78, 5) is 5.16. The summed E-state index contributed by atoms with van der Waals surface area (Å²) in [5.74, 6) is 0. The number of rotatable bonds is 7. The first-order valence-electron chi connectivity index (χ1n) is 7.43. The Morgan fingerprint density at radius 2 is 1.85 bits per heavy atom. The number of hydrogen-bond acceptors (Lipinski definition) is 5. The van der Waals surface area contributed by atoms with Crippen molar-refractivity contribution in [2.45, 2.75) is 25.8 Å². The summed E-state index contributed by atoms with van der Waals surface area (Å²) in [6, 6.07) is 2.56. The molecule has 0 aliphatic heterocycles. The van der Waals surface area contributed by atoms with E-state index < -0.39 is 18.2 Å². The van der Waals surface area contributed by atoms with Crippen LogP contribution in [0.3, 0.4) is 0 Å². The van der Waals surface area contributed by atoms with E-state index in [1.807, 2.05) is 0 Å². The van der Waals surface area contributed by atoms with E-state index in [0.717, 1.165) is 5.17 Å². The maximum atomic E-state index is 13.1. The summed E-state index contributed by atoms with van der Waals surface area (Å²) in [7, 11) is 2.76. The van der Waals surface area contributed by atoms with Crippen LogP contribution < -0.4 is 5.17 Å². The molecule has 0 fully saturated rings. The van der Waals surface area contributed by atoms with Crippen molar-refractivity contribution >= 4 is 40.5 Å². The molecule has 2 aromatic rings. The standard InChI is InChI=1S/C15H17Cl3F2N4O2/c1-8(4-10-11(17)5-9(16)6-12(10)18)24(26-3)23(25)13-7-22(2)21-14(13)15(19)20/h5-8,15,25H,4H2,1-3H3/t8-/m1/s1. The number of halogens is 5. The third-order valence-electron chi connectivity index (χ3n) is 3.62. The smallest absolute Gasteiger partial charge is 0.280 e. The molecule has 144 valence electrons. The lowest BCUT2D eigenvalue weighted by Gasteiger charge is -2.33. The van der Waals surface area contributed by atoms with Crippen LogP contribution in [0.2, 0.25) is 15.1 Å². The zero-order valence-corrected chi connectivity index (χ0v) is 16.4. The Kier molecular flexibility index (Phi) is 7.06. The van der Waals surface area contributed by atoms with Gasteiger partial charge in [-0.1, -0.05) is 40.0 Å². The molecule has 0 bridgehead atoms. The van der Waals surface area contributed by atoms with E-state index in [0.29, 0.717) is 25.8 Å². The maximum Gasteiger partial charge on any atom is 0.284 e. The summed E-state index contributed by atoms with van der Waals surface area (Å²) in [5, 5.41) is 16.7. The zero-order valence-electron chi connectivity index (χ0n) is 14.1. The number of hydrazine groups is 1. The van der Waals surface area contributed by atoms with Crippen LogP contribution in [0.1, 0.15) is 24.6 Å². The fourth-order valence-electron chi connectivity index (χ4n) is 2.49. The molecular weight excluding hydrogens is 413 g/mol. The lowest BCUT2D eigenvalue weighted by molar-refractivity contribution is -0.214. The molecule has 1 N–H and O–H groups in total. The van der Waals surface area contributed by atoms with Gasteiger partial charge in [0.2, 0.25) is 0 Å². The molecule has 1 heterocycles. The quantitative estimate of drug-likeness (QED) is 0.633. The van der Waals surface area contributed by atoms with Gasteiger partial charge in [0, 0.05) is 22.1 Å². The molecule has 6 nitrogen and oxygen atoms in total. The van der Waals surface area contributed by atoms with Crippen LogP contribution in [0.15, 0.2) is 18.3 Å². The molecule has 0 aliphatic rings. The molecule has 0 radical (unpaired) electrons. The predicted octanol–water partition coefficient (Wildman–Crippen LogP) is 4.92. The number of hydrogen-bond donors (Lipinski definition) is 1. The molecule has 0 spiro atoms. The lowest BCUT2D eigenvalue weighted by atomic mass is 10.1. The minimum atomic E-state index is -2.87. The highest BCUT2D eigenvalue weighted by Gasteiger charge is 2.29. The number of anilines is 1. The van der Waals surface area contributed by atoms with Gasteiger partial charge >= 0.3 is 0 Å². The number of aromatic nitrogens is 2. The van der Waals surface area contributed by atoms with Crippen LogP contribution in [0.4, 0.5) is 14.5 Å². The second kappa shape index (κ2) is 8.69. The Balaban J connectivity index is 2.28. The van der Waals surface area contributed by atoms with E-state index in [2.05, 4.69) is 5.10 Å². The van der Waals surface area contributed by atoms with Crippen LogP contribution >= 0.6 is 34.8 Å². The highest BCUT2D eigenvalue weighted by molar-refractivity contribution is 6.39. The molecular formula is C15H17Cl3F2N4O2. The third-order valence-corrected chi connectivity index (χ3v) is 4.51. The van der Waals surface area contributed by atoms with E-state index in [-0.39, 0.29) is 12.1 Å². The van der Waals surface area contributed by atoms with Crippen molar-refractivity contribution in [3.63, 3.8) is 0 Å². The van der Waals surface area contributed by atoms with Crippen molar-refractivity contribution in [3.05, 3.63) is 44.7 Å². The van der Waals surface area contributed by atoms with Gasteiger partial charge in [-0.15, -0.1) is 0 Å². The molecule has 26 heavy (non-hydrogen) atoms. The number of hydroxylamine groups is 1. The number of aryl methyl sites for hydroxylation is 1. The van der Waals surface area contributed by atoms with Crippen LogP contribution in [0.25, 0.3) is 0 Å². The first kappa shape index (κ1) is 21.1. The lowest BCUT2D eigenvalue weighted by Crippen LogP contribution is -2.46.